The third-order valence-corrected chi connectivity index (χ3v) is 1.99. The zero-order chi connectivity index (χ0) is 11.6. The third-order valence-electron chi connectivity index (χ3n) is 1.74. The van der Waals surface area contributed by atoms with Gasteiger partial charge in [0.25, 0.3) is 0 Å². The van der Waals surface area contributed by atoms with Crippen LogP contribution in [0.1, 0.15) is 5.69 Å². The van der Waals surface area contributed by atoms with Crippen molar-refractivity contribution >= 4 is 24.0 Å². The lowest BCUT2D eigenvalue weighted by Gasteiger charge is -2.14. The maximum atomic E-state index is 12.1. The van der Waals surface area contributed by atoms with Gasteiger partial charge in [-0.1, -0.05) is 0 Å². The number of halogens is 5. The Bertz CT molecular complexity index is 417. The van der Waals surface area contributed by atoms with Gasteiger partial charge in [-0.3, -0.25) is 4.79 Å². The minimum atomic E-state index is -4.43. The summed E-state index contributed by atoms with van der Waals surface area (Å²) in [7, 11) is 0. The molecule has 1 aromatic rings. The number of pyridine rings is 1. The van der Waals surface area contributed by atoms with E-state index in [1.165, 1.54) is 0 Å². The van der Waals surface area contributed by atoms with Crippen LogP contribution in [-0.4, -0.2) is 15.8 Å². The molecule has 0 saturated carbocycles. The lowest BCUT2D eigenvalue weighted by Crippen LogP contribution is -2.21. The molecule has 0 bridgehead atoms. The van der Waals surface area contributed by atoms with E-state index in [1.54, 1.807) is 0 Å². The molecule has 0 aliphatic carbocycles. The summed E-state index contributed by atoms with van der Waals surface area (Å²) in [6.45, 7) is -1.29. The maximum Gasteiger partial charge on any atom is 0.406 e. The first-order chi connectivity index (χ1) is 6.85. The molecule has 0 amide bonds. The van der Waals surface area contributed by atoms with Crippen LogP contribution >= 0.6 is 24.0 Å². The van der Waals surface area contributed by atoms with E-state index in [1.807, 2.05) is 0 Å². The second-order valence-electron chi connectivity index (χ2n) is 2.85. The van der Waals surface area contributed by atoms with Crippen LogP contribution < -0.4 is 5.43 Å². The number of aromatic hydroxyl groups is 1. The number of hydrogen-bond donors (Lipinski definition) is 1. The van der Waals surface area contributed by atoms with Crippen LogP contribution in [0.3, 0.4) is 0 Å². The Balaban J connectivity index is 0.00000225. The molecule has 92 valence electrons. The molecular weight excluding hydrogens is 270 g/mol. The van der Waals surface area contributed by atoms with E-state index in [9.17, 15) is 23.1 Å². The standard InChI is InChI=1S/C8H7ClF3NO2.ClH/c9-3-5-7(15)6(14)1-2-13(5)4-8(10,11)12;/h1-2,15H,3-4H2;1H. The van der Waals surface area contributed by atoms with Crippen molar-refractivity contribution in [2.45, 2.75) is 18.6 Å². The molecule has 0 aliphatic heterocycles. The van der Waals surface area contributed by atoms with Crippen LogP contribution in [0.15, 0.2) is 17.1 Å². The Labute approximate surface area is 99.9 Å². The SMILES string of the molecule is Cl.O=c1ccn(CC(F)(F)F)c(CCl)c1O. The zero-order valence-corrected chi connectivity index (χ0v) is 9.36. The van der Waals surface area contributed by atoms with E-state index < -0.39 is 23.9 Å². The summed E-state index contributed by atoms with van der Waals surface area (Å²) in [5.74, 6) is -1.10. The molecule has 0 atom stereocenters. The van der Waals surface area contributed by atoms with E-state index >= 15 is 0 Å². The largest absolute Gasteiger partial charge is 0.503 e. The monoisotopic (exact) mass is 277 g/mol. The molecule has 1 rings (SSSR count). The predicted molar refractivity (Wildman–Crippen MR) is 55.2 cm³/mol. The van der Waals surface area contributed by atoms with Gasteiger partial charge in [0.1, 0.15) is 6.54 Å². The minimum absolute atomic E-state index is 0. The van der Waals surface area contributed by atoms with Crippen molar-refractivity contribution in [3.05, 3.63) is 28.2 Å². The van der Waals surface area contributed by atoms with Crippen LogP contribution in [0.4, 0.5) is 13.2 Å². The fourth-order valence-electron chi connectivity index (χ4n) is 1.09. The molecule has 16 heavy (non-hydrogen) atoms. The highest BCUT2D eigenvalue weighted by atomic mass is 35.5. The van der Waals surface area contributed by atoms with Gasteiger partial charge in [-0.05, 0) is 0 Å². The van der Waals surface area contributed by atoms with Gasteiger partial charge >= 0.3 is 6.18 Å². The summed E-state index contributed by atoms with van der Waals surface area (Å²) in [4.78, 5) is 10.9. The van der Waals surface area contributed by atoms with Gasteiger partial charge in [0.2, 0.25) is 5.43 Å². The van der Waals surface area contributed by atoms with Crippen LogP contribution in [0.2, 0.25) is 0 Å². The maximum absolute atomic E-state index is 12.1. The predicted octanol–water partition coefficient (Wildman–Crippen LogP) is 2.28. The molecule has 1 heterocycles. The Morgan fingerprint density at radius 2 is 2.00 bits per heavy atom. The molecule has 1 aromatic heterocycles. The van der Waals surface area contributed by atoms with Crippen LogP contribution in [-0.2, 0) is 12.4 Å². The quantitative estimate of drug-likeness (QED) is 0.843. The molecule has 1 N–H and O–H groups in total. The third kappa shape index (κ3) is 3.61. The van der Waals surface area contributed by atoms with Crippen LogP contribution in [0.25, 0.3) is 0 Å². The first kappa shape index (κ1) is 15.1. The van der Waals surface area contributed by atoms with E-state index in [4.69, 9.17) is 11.6 Å². The lowest BCUT2D eigenvalue weighted by atomic mass is 10.3. The summed E-state index contributed by atoms with van der Waals surface area (Å²) < 4.78 is 36.9. The van der Waals surface area contributed by atoms with Crippen LogP contribution in [0.5, 0.6) is 5.75 Å². The van der Waals surface area contributed by atoms with Crippen molar-refractivity contribution in [1.82, 2.24) is 4.57 Å². The summed E-state index contributed by atoms with van der Waals surface area (Å²) in [5, 5.41) is 9.19. The fourth-order valence-corrected chi connectivity index (χ4v) is 1.37. The molecule has 3 nitrogen and oxygen atoms in total. The Hall–Kier alpha value is -0.880. The second-order valence-corrected chi connectivity index (χ2v) is 3.12. The topological polar surface area (TPSA) is 42.2 Å². The van der Waals surface area contributed by atoms with Gasteiger partial charge in [0.05, 0.1) is 11.6 Å². The fraction of sp³-hybridized carbons (Fsp3) is 0.375. The average Bonchev–Trinajstić information content (AvgIpc) is 2.10. The number of nitrogens with zero attached hydrogens (tertiary/aromatic N) is 1. The minimum Gasteiger partial charge on any atom is -0.503 e. The number of rotatable bonds is 2. The summed E-state index contributed by atoms with van der Waals surface area (Å²) in [6.07, 6.45) is -3.48. The summed E-state index contributed by atoms with van der Waals surface area (Å²) >= 11 is 5.35. The van der Waals surface area contributed by atoms with Crippen molar-refractivity contribution in [3.8, 4) is 5.75 Å². The molecule has 0 fully saturated rings. The van der Waals surface area contributed by atoms with Crippen molar-refractivity contribution in [3.63, 3.8) is 0 Å². The van der Waals surface area contributed by atoms with E-state index in [0.717, 1.165) is 12.3 Å². The van der Waals surface area contributed by atoms with E-state index in [0.29, 0.717) is 4.57 Å². The van der Waals surface area contributed by atoms with Crippen molar-refractivity contribution in [1.29, 1.82) is 0 Å². The highest BCUT2D eigenvalue weighted by molar-refractivity contribution is 6.17. The second kappa shape index (κ2) is 5.45. The van der Waals surface area contributed by atoms with Gasteiger partial charge in [0.15, 0.2) is 5.75 Å². The molecule has 0 aromatic carbocycles. The Kier molecular flexibility index (Phi) is 5.15. The first-order valence-corrected chi connectivity index (χ1v) is 4.42. The van der Waals surface area contributed by atoms with Gasteiger partial charge in [-0.2, -0.15) is 13.2 Å². The molecule has 8 heteroatoms. The van der Waals surface area contributed by atoms with Crippen molar-refractivity contribution in [2.75, 3.05) is 0 Å². The highest BCUT2D eigenvalue weighted by Gasteiger charge is 2.29. The van der Waals surface area contributed by atoms with Gasteiger partial charge in [-0.25, -0.2) is 0 Å². The average molecular weight is 278 g/mol. The molecule has 0 spiro atoms. The number of alkyl halides is 4. The smallest absolute Gasteiger partial charge is 0.406 e. The van der Waals surface area contributed by atoms with Gasteiger partial charge in [0, 0.05) is 12.3 Å². The summed E-state index contributed by atoms with van der Waals surface area (Å²) in [5.41, 5.74) is -0.981. The van der Waals surface area contributed by atoms with Crippen molar-refractivity contribution < 1.29 is 18.3 Å². The number of aromatic nitrogens is 1. The number of hydrogen-bond acceptors (Lipinski definition) is 2. The molecule has 0 unspecified atom stereocenters. The molecule has 0 radical (unpaired) electrons. The van der Waals surface area contributed by atoms with Crippen LogP contribution in [0, 0.1) is 0 Å². The van der Waals surface area contributed by atoms with Gasteiger partial charge < -0.3 is 9.67 Å². The Morgan fingerprint density at radius 1 is 1.44 bits per heavy atom. The molecule has 0 saturated heterocycles. The molecular formula is C8H8Cl2F3NO2. The van der Waals surface area contributed by atoms with E-state index in [-0.39, 0.29) is 24.0 Å². The zero-order valence-electron chi connectivity index (χ0n) is 7.79. The lowest BCUT2D eigenvalue weighted by molar-refractivity contribution is -0.141. The summed E-state index contributed by atoms with van der Waals surface area (Å²) in [6, 6.07) is 0.858. The highest BCUT2D eigenvalue weighted by Crippen LogP contribution is 2.21. The first-order valence-electron chi connectivity index (χ1n) is 3.89. The van der Waals surface area contributed by atoms with Gasteiger partial charge in [-0.15, -0.1) is 24.0 Å². The molecule has 0 aliphatic rings. The normalized spacial score (nSPS) is 11.0. The van der Waals surface area contributed by atoms with Crippen molar-refractivity contribution in [2.24, 2.45) is 0 Å². The van der Waals surface area contributed by atoms with E-state index in [2.05, 4.69) is 0 Å². The Morgan fingerprint density at radius 3 is 2.44 bits per heavy atom.